The van der Waals surface area contributed by atoms with Crippen LogP contribution in [0.2, 0.25) is 0 Å². The van der Waals surface area contributed by atoms with Crippen LogP contribution in [0.1, 0.15) is 50.6 Å². The Hall–Kier alpha value is -3.28. The normalized spacial score (nSPS) is 27.1. The Morgan fingerprint density at radius 3 is 2.79 bits per heavy atom. The molecular weight excluding hydrogens is 422 g/mol. The molecule has 0 spiro atoms. The van der Waals surface area contributed by atoms with Crippen molar-refractivity contribution in [1.29, 1.82) is 0 Å². The van der Waals surface area contributed by atoms with Gasteiger partial charge in [-0.05, 0) is 60.7 Å². The van der Waals surface area contributed by atoms with Gasteiger partial charge in [0.25, 0.3) is 0 Å². The number of nitrogens with one attached hydrogen (secondary N) is 2. The van der Waals surface area contributed by atoms with Crippen molar-refractivity contribution in [3.8, 4) is 0 Å². The largest absolute Gasteiger partial charge is 0.387 e. The van der Waals surface area contributed by atoms with Crippen molar-refractivity contribution in [2.24, 2.45) is 0 Å². The highest BCUT2D eigenvalue weighted by Crippen LogP contribution is 2.55. The minimum absolute atomic E-state index is 0.0138. The minimum Gasteiger partial charge on any atom is -0.387 e. The highest BCUT2D eigenvalue weighted by atomic mass is 16.3. The molecule has 5 heteroatoms. The number of benzene rings is 2. The smallest absolute Gasteiger partial charge is 0.227 e. The first-order chi connectivity index (χ1) is 16.5. The van der Waals surface area contributed by atoms with E-state index in [4.69, 9.17) is 0 Å². The average molecular weight is 450 g/mol. The van der Waals surface area contributed by atoms with Gasteiger partial charge < -0.3 is 15.4 Å². The van der Waals surface area contributed by atoms with Crippen molar-refractivity contribution in [2.75, 3.05) is 6.54 Å². The average Bonchev–Trinajstić information content (AvgIpc) is 3.16. The van der Waals surface area contributed by atoms with Crippen molar-refractivity contribution in [3.63, 3.8) is 0 Å². The van der Waals surface area contributed by atoms with Crippen molar-refractivity contribution < 1.29 is 9.90 Å². The quantitative estimate of drug-likeness (QED) is 0.407. The van der Waals surface area contributed by atoms with Gasteiger partial charge in [0.15, 0.2) is 0 Å². The maximum absolute atomic E-state index is 13.6. The third-order valence-corrected chi connectivity index (χ3v) is 8.76. The molecule has 2 aromatic carbocycles. The van der Waals surface area contributed by atoms with Gasteiger partial charge in [0.2, 0.25) is 5.78 Å². The van der Waals surface area contributed by atoms with Gasteiger partial charge in [-0.1, -0.05) is 48.5 Å². The molecule has 0 amide bonds. The van der Waals surface area contributed by atoms with E-state index in [0.717, 1.165) is 47.1 Å². The summed E-state index contributed by atoms with van der Waals surface area (Å²) < 4.78 is 0. The number of aromatic amines is 1. The molecule has 1 fully saturated rings. The number of para-hydroxylation sites is 1. The molecule has 2 aromatic heterocycles. The molecular formula is C29H27N3O2. The lowest BCUT2D eigenvalue weighted by Crippen LogP contribution is -2.73. The lowest BCUT2D eigenvalue weighted by atomic mass is 9.50. The zero-order valence-electron chi connectivity index (χ0n) is 19.2. The van der Waals surface area contributed by atoms with Gasteiger partial charge in [0.05, 0.1) is 16.8 Å². The van der Waals surface area contributed by atoms with E-state index in [0.29, 0.717) is 24.2 Å². The lowest BCUT2D eigenvalue weighted by molar-refractivity contribution is -0.106. The fraction of sp³-hybridized carbons (Fsp3) is 0.310. The summed E-state index contributed by atoms with van der Waals surface area (Å²) in [4.78, 5) is 21.7. The van der Waals surface area contributed by atoms with Crippen molar-refractivity contribution >= 4 is 16.7 Å². The summed E-state index contributed by atoms with van der Waals surface area (Å²) >= 11 is 0. The Labute approximate surface area is 198 Å². The zero-order valence-corrected chi connectivity index (χ0v) is 19.2. The molecule has 170 valence electrons. The number of hydrogen-bond donors (Lipinski definition) is 3. The molecule has 0 saturated carbocycles. The van der Waals surface area contributed by atoms with E-state index >= 15 is 0 Å². The van der Waals surface area contributed by atoms with Crippen LogP contribution in [-0.2, 0) is 24.7 Å². The molecule has 5 nitrogen and oxygen atoms in total. The number of piperidine rings is 1. The lowest BCUT2D eigenvalue weighted by Gasteiger charge is -2.60. The van der Waals surface area contributed by atoms with Crippen LogP contribution in [0.25, 0.3) is 10.9 Å². The molecule has 4 aromatic rings. The summed E-state index contributed by atoms with van der Waals surface area (Å²) in [6, 6.07) is 20.2. The van der Waals surface area contributed by atoms with Crippen LogP contribution in [0, 0.1) is 6.92 Å². The molecule has 2 aliphatic carbocycles. The fourth-order valence-electron chi connectivity index (χ4n) is 7.01. The predicted octanol–water partition coefficient (Wildman–Crippen LogP) is 3.79. The molecule has 1 saturated heterocycles. The molecule has 0 unspecified atom stereocenters. The standard InChI is InChI=1S/C29H27N3O2/c1-17-20-15-29(34)25-14-19-7-2-4-8-21(19)28(29,12-13-30-25)16-24(20)32-26(17)27(33)23-11-10-18-6-3-5-9-22(18)31-23/h2-11,25,30,32,34H,12-16H2,1H3/t25-,28-,29+/m0/s1. The van der Waals surface area contributed by atoms with E-state index in [9.17, 15) is 9.90 Å². The van der Waals surface area contributed by atoms with Crippen LogP contribution in [0.15, 0.2) is 60.7 Å². The van der Waals surface area contributed by atoms with E-state index in [1.807, 2.05) is 43.3 Å². The van der Waals surface area contributed by atoms with Crippen LogP contribution < -0.4 is 5.32 Å². The Balaban J connectivity index is 1.35. The van der Waals surface area contributed by atoms with Crippen LogP contribution >= 0.6 is 0 Å². The molecule has 3 atom stereocenters. The first kappa shape index (κ1) is 20.1. The van der Waals surface area contributed by atoms with Gasteiger partial charge >= 0.3 is 0 Å². The molecule has 3 heterocycles. The topological polar surface area (TPSA) is 78.0 Å². The number of H-pyrrole nitrogens is 1. The van der Waals surface area contributed by atoms with E-state index in [1.54, 1.807) is 0 Å². The third kappa shape index (κ3) is 2.51. The second-order valence-corrected chi connectivity index (χ2v) is 10.3. The number of fused-ring (bicyclic) bond motifs is 3. The van der Waals surface area contributed by atoms with Crippen molar-refractivity contribution in [2.45, 2.75) is 49.7 Å². The first-order valence-electron chi connectivity index (χ1n) is 12.2. The van der Waals surface area contributed by atoms with E-state index in [1.165, 1.54) is 11.1 Å². The Kier molecular flexibility index (Phi) is 4.07. The van der Waals surface area contributed by atoms with Crippen molar-refractivity contribution in [1.82, 2.24) is 15.3 Å². The maximum Gasteiger partial charge on any atom is 0.227 e. The zero-order chi connectivity index (χ0) is 23.1. The molecule has 2 bridgehead atoms. The van der Waals surface area contributed by atoms with Gasteiger partial charge in [0.1, 0.15) is 5.69 Å². The maximum atomic E-state index is 13.6. The van der Waals surface area contributed by atoms with Crippen LogP contribution in [-0.4, -0.2) is 39.0 Å². The molecule has 3 aliphatic rings. The van der Waals surface area contributed by atoms with Crippen molar-refractivity contribution in [3.05, 3.63) is 100.0 Å². The Morgan fingerprint density at radius 1 is 1.06 bits per heavy atom. The summed E-state index contributed by atoms with van der Waals surface area (Å²) in [5.74, 6) is -0.0911. The summed E-state index contributed by atoms with van der Waals surface area (Å²) in [5, 5.41) is 16.9. The number of aromatic nitrogens is 2. The van der Waals surface area contributed by atoms with Gasteiger partial charge in [-0.25, -0.2) is 4.98 Å². The summed E-state index contributed by atoms with van der Waals surface area (Å²) in [6.07, 6.45) is 2.98. The van der Waals surface area contributed by atoms with Gasteiger partial charge in [-0.3, -0.25) is 4.79 Å². The SMILES string of the molecule is Cc1c(C(=O)c2ccc3ccccc3n2)[nH]c2c1C[C@@]1(O)[C@@H]3Cc4ccccc4[C@]1(CCN3)C2. The molecule has 1 aliphatic heterocycles. The molecule has 0 radical (unpaired) electrons. The summed E-state index contributed by atoms with van der Waals surface area (Å²) in [5.41, 5.74) is 6.37. The number of rotatable bonds is 2. The Bertz CT molecular complexity index is 1490. The van der Waals surface area contributed by atoms with E-state index in [-0.39, 0.29) is 17.2 Å². The highest BCUT2D eigenvalue weighted by molar-refractivity contribution is 6.08. The minimum atomic E-state index is -0.874. The monoisotopic (exact) mass is 449 g/mol. The molecule has 34 heavy (non-hydrogen) atoms. The first-order valence-corrected chi connectivity index (χ1v) is 12.2. The van der Waals surface area contributed by atoms with Gasteiger partial charge in [-0.15, -0.1) is 0 Å². The number of hydrogen-bond acceptors (Lipinski definition) is 4. The summed E-state index contributed by atoms with van der Waals surface area (Å²) in [7, 11) is 0. The second-order valence-electron chi connectivity index (χ2n) is 10.3. The fourth-order valence-corrected chi connectivity index (χ4v) is 7.01. The number of ketones is 1. The van der Waals surface area contributed by atoms with Gasteiger partial charge in [-0.2, -0.15) is 0 Å². The predicted molar refractivity (Wildman–Crippen MR) is 131 cm³/mol. The van der Waals surface area contributed by atoms with Gasteiger partial charge in [0, 0.05) is 35.4 Å². The third-order valence-electron chi connectivity index (χ3n) is 8.76. The Morgan fingerprint density at radius 2 is 1.88 bits per heavy atom. The summed E-state index contributed by atoms with van der Waals surface area (Å²) in [6.45, 7) is 2.90. The molecule has 3 N–H and O–H groups in total. The van der Waals surface area contributed by atoms with Crippen LogP contribution in [0.5, 0.6) is 0 Å². The van der Waals surface area contributed by atoms with E-state index < -0.39 is 5.60 Å². The second kappa shape index (κ2) is 6.87. The number of nitrogens with zero attached hydrogens (tertiary/aromatic N) is 1. The number of carbonyl (C=O) groups is 1. The van der Waals surface area contributed by atoms with E-state index in [2.05, 4.69) is 39.6 Å². The van der Waals surface area contributed by atoms with Crippen LogP contribution in [0.3, 0.4) is 0 Å². The number of carbonyl (C=O) groups excluding carboxylic acids is 1. The highest BCUT2D eigenvalue weighted by Gasteiger charge is 2.62. The number of pyridine rings is 1. The van der Waals surface area contributed by atoms with Crippen LogP contribution in [0.4, 0.5) is 0 Å². The number of aliphatic hydroxyl groups is 1. The molecule has 7 rings (SSSR count).